The molecule has 3 N–H and O–H groups in total. The summed E-state index contributed by atoms with van der Waals surface area (Å²) in [4.78, 5) is 13.8. The van der Waals surface area contributed by atoms with Gasteiger partial charge in [-0.05, 0) is 6.92 Å². The first-order valence-electron chi connectivity index (χ1n) is 2.66. The molecular weight excluding hydrogens is 134 g/mol. The lowest BCUT2D eigenvalue weighted by Gasteiger charge is -2.00. The van der Waals surface area contributed by atoms with Crippen LogP contribution in [0.15, 0.2) is 11.0 Å². The number of aromatic nitrogens is 2. The number of hydrogen-bond acceptors (Lipinski definition) is 4. The van der Waals surface area contributed by atoms with Gasteiger partial charge in [0.05, 0.1) is 0 Å². The standard InChI is InChI=1S/C5H7N3O2/c1-3-2-7-5(9)8(10)4(3)6/h2,10H,6H2,1H3. The molecule has 0 radical (unpaired) electrons. The van der Waals surface area contributed by atoms with Crippen molar-refractivity contribution in [2.75, 3.05) is 5.73 Å². The molecule has 5 heteroatoms. The summed E-state index contributed by atoms with van der Waals surface area (Å²) in [5.74, 6) is 0.0278. The summed E-state index contributed by atoms with van der Waals surface area (Å²) in [7, 11) is 0. The van der Waals surface area contributed by atoms with E-state index in [4.69, 9.17) is 10.9 Å². The van der Waals surface area contributed by atoms with Crippen LogP contribution in [-0.2, 0) is 0 Å². The maximum atomic E-state index is 10.5. The smallest absolute Gasteiger partial charge is 0.382 e. The predicted molar refractivity (Wildman–Crippen MR) is 34.8 cm³/mol. The fraction of sp³-hybridized carbons (Fsp3) is 0.200. The van der Waals surface area contributed by atoms with Crippen LogP contribution in [0.3, 0.4) is 0 Å². The molecule has 10 heavy (non-hydrogen) atoms. The zero-order valence-corrected chi connectivity index (χ0v) is 5.40. The van der Waals surface area contributed by atoms with Gasteiger partial charge in [-0.25, -0.2) is 4.79 Å². The molecule has 0 aliphatic rings. The van der Waals surface area contributed by atoms with Crippen molar-refractivity contribution in [2.45, 2.75) is 6.92 Å². The molecule has 0 fully saturated rings. The average Bonchev–Trinajstić information content (AvgIpc) is 1.93. The molecule has 54 valence electrons. The molecule has 1 aromatic rings. The maximum Gasteiger partial charge on any atom is 0.382 e. The Kier molecular flexibility index (Phi) is 1.33. The molecule has 0 aliphatic carbocycles. The van der Waals surface area contributed by atoms with E-state index in [1.807, 2.05) is 0 Å². The van der Waals surface area contributed by atoms with Crippen molar-refractivity contribution in [1.29, 1.82) is 0 Å². The molecular formula is C5H7N3O2. The van der Waals surface area contributed by atoms with E-state index in [1.54, 1.807) is 6.92 Å². The van der Waals surface area contributed by atoms with E-state index < -0.39 is 5.69 Å². The molecule has 0 saturated heterocycles. The van der Waals surface area contributed by atoms with Gasteiger partial charge in [-0.15, -0.1) is 4.73 Å². The second kappa shape index (κ2) is 2.02. The molecule has 5 nitrogen and oxygen atoms in total. The molecule has 1 heterocycles. The largest absolute Gasteiger partial charge is 0.422 e. The van der Waals surface area contributed by atoms with Crippen molar-refractivity contribution in [3.8, 4) is 0 Å². The Morgan fingerprint density at radius 2 is 2.40 bits per heavy atom. The summed E-state index contributed by atoms with van der Waals surface area (Å²) in [5, 5.41) is 8.80. The number of aryl methyl sites for hydroxylation is 1. The molecule has 1 rings (SSSR count). The van der Waals surface area contributed by atoms with Crippen LogP contribution in [0.5, 0.6) is 0 Å². The zero-order chi connectivity index (χ0) is 7.72. The highest BCUT2D eigenvalue weighted by Crippen LogP contribution is 2.01. The molecule has 0 bridgehead atoms. The van der Waals surface area contributed by atoms with E-state index in [0.29, 0.717) is 10.3 Å². The minimum atomic E-state index is -0.761. The van der Waals surface area contributed by atoms with Crippen molar-refractivity contribution in [3.05, 3.63) is 22.2 Å². The van der Waals surface area contributed by atoms with E-state index in [0.717, 1.165) is 0 Å². The van der Waals surface area contributed by atoms with Crippen LogP contribution in [0.4, 0.5) is 5.82 Å². The van der Waals surface area contributed by atoms with Gasteiger partial charge in [0, 0.05) is 11.8 Å². The molecule has 0 saturated carbocycles. The Hall–Kier alpha value is -1.52. The lowest BCUT2D eigenvalue weighted by atomic mass is 10.4. The monoisotopic (exact) mass is 141 g/mol. The number of hydrogen-bond donors (Lipinski definition) is 2. The van der Waals surface area contributed by atoms with Crippen LogP contribution in [-0.4, -0.2) is 14.9 Å². The predicted octanol–water partition coefficient (Wildman–Crippen LogP) is -0.629. The van der Waals surface area contributed by atoms with Crippen molar-refractivity contribution in [2.24, 2.45) is 0 Å². The Labute approximate surface area is 56.7 Å². The van der Waals surface area contributed by atoms with Crippen molar-refractivity contribution < 1.29 is 5.21 Å². The van der Waals surface area contributed by atoms with Crippen molar-refractivity contribution >= 4 is 5.82 Å². The van der Waals surface area contributed by atoms with E-state index >= 15 is 0 Å². The molecule has 1 aromatic heterocycles. The minimum absolute atomic E-state index is 0.0278. The normalized spacial score (nSPS) is 9.70. The Bertz CT molecular complexity index is 304. The SMILES string of the molecule is Cc1cnc(=O)n(O)c1N. The van der Waals surface area contributed by atoms with Gasteiger partial charge in [0.1, 0.15) is 5.82 Å². The van der Waals surface area contributed by atoms with Crippen molar-refractivity contribution in [1.82, 2.24) is 9.71 Å². The third-order valence-electron chi connectivity index (χ3n) is 1.18. The third-order valence-corrected chi connectivity index (χ3v) is 1.18. The number of nitrogen functional groups attached to an aromatic ring is 1. The topological polar surface area (TPSA) is 81.1 Å². The minimum Gasteiger partial charge on any atom is -0.422 e. The average molecular weight is 141 g/mol. The quantitative estimate of drug-likeness (QED) is 0.471. The highest BCUT2D eigenvalue weighted by molar-refractivity contribution is 5.35. The number of nitrogens with two attached hydrogens (primary N) is 1. The van der Waals surface area contributed by atoms with Gasteiger partial charge < -0.3 is 10.9 Å². The van der Waals surface area contributed by atoms with Gasteiger partial charge in [-0.1, -0.05) is 0 Å². The first kappa shape index (κ1) is 6.60. The van der Waals surface area contributed by atoms with Gasteiger partial charge in [0.25, 0.3) is 0 Å². The van der Waals surface area contributed by atoms with Gasteiger partial charge >= 0.3 is 5.69 Å². The van der Waals surface area contributed by atoms with Crippen LogP contribution < -0.4 is 11.4 Å². The molecule has 0 aromatic carbocycles. The van der Waals surface area contributed by atoms with Crippen LogP contribution in [0.25, 0.3) is 0 Å². The molecule has 0 atom stereocenters. The summed E-state index contributed by atoms with van der Waals surface area (Å²) in [6.07, 6.45) is 1.31. The summed E-state index contributed by atoms with van der Waals surface area (Å²) in [5.41, 5.74) is 5.07. The highest BCUT2D eigenvalue weighted by atomic mass is 16.5. The van der Waals surface area contributed by atoms with Crippen LogP contribution >= 0.6 is 0 Å². The molecule has 0 unspecified atom stereocenters. The van der Waals surface area contributed by atoms with Crippen LogP contribution in [0.2, 0.25) is 0 Å². The Morgan fingerprint density at radius 1 is 1.80 bits per heavy atom. The first-order chi connectivity index (χ1) is 4.63. The summed E-state index contributed by atoms with van der Waals surface area (Å²) in [6.45, 7) is 1.65. The molecule has 0 aliphatic heterocycles. The maximum absolute atomic E-state index is 10.5. The summed E-state index contributed by atoms with van der Waals surface area (Å²) in [6, 6.07) is 0. The van der Waals surface area contributed by atoms with Gasteiger partial charge in [-0.2, -0.15) is 4.98 Å². The first-order valence-corrected chi connectivity index (χ1v) is 2.66. The molecule has 0 spiro atoms. The third kappa shape index (κ3) is 0.812. The van der Waals surface area contributed by atoms with Gasteiger partial charge in [0.2, 0.25) is 0 Å². The fourth-order valence-electron chi connectivity index (χ4n) is 0.543. The van der Waals surface area contributed by atoms with E-state index in [2.05, 4.69) is 4.98 Å². The lowest BCUT2D eigenvalue weighted by Crippen LogP contribution is -2.23. The number of anilines is 1. The van der Waals surface area contributed by atoms with Crippen LogP contribution in [0.1, 0.15) is 5.56 Å². The summed E-state index contributed by atoms with van der Waals surface area (Å²) >= 11 is 0. The number of rotatable bonds is 0. The van der Waals surface area contributed by atoms with Crippen molar-refractivity contribution in [3.63, 3.8) is 0 Å². The Morgan fingerprint density at radius 3 is 2.90 bits per heavy atom. The van der Waals surface area contributed by atoms with Gasteiger partial charge in [0.15, 0.2) is 0 Å². The second-order valence-corrected chi connectivity index (χ2v) is 1.92. The van der Waals surface area contributed by atoms with E-state index in [9.17, 15) is 4.79 Å². The number of nitrogens with zero attached hydrogens (tertiary/aromatic N) is 2. The zero-order valence-electron chi connectivity index (χ0n) is 5.40. The van der Waals surface area contributed by atoms with Gasteiger partial charge in [-0.3, -0.25) is 0 Å². The summed E-state index contributed by atoms with van der Waals surface area (Å²) < 4.78 is 0.315. The highest BCUT2D eigenvalue weighted by Gasteiger charge is 2.00. The lowest BCUT2D eigenvalue weighted by molar-refractivity contribution is 0.176. The second-order valence-electron chi connectivity index (χ2n) is 1.92. The fourth-order valence-corrected chi connectivity index (χ4v) is 0.543. The van der Waals surface area contributed by atoms with E-state index in [-0.39, 0.29) is 5.82 Å². The molecule has 0 amide bonds. The Balaban J connectivity index is 3.49. The van der Waals surface area contributed by atoms with E-state index in [1.165, 1.54) is 6.20 Å². The van der Waals surface area contributed by atoms with Crippen LogP contribution in [0, 0.1) is 6.92 Å².